The van der Waals surface area contributed by atoms with Crippen molar-refractivity contribution in [1.29, 1.82) is 0 Å². The molecule has 0 aromatic carbocycles. The number of carbonyl (C=O) groups excluding carboxylic acids is 1. The van der Waals surface area contributed by atoms with Crippen LogP contribution < -0.4 is 0 Å². The fraction of sp³-hybridized carbons (Fsp3) is 0.714. The van der Waals surface area contributed by atoms with Crippen LogP contribution in [-0.2, 0) is 14.3 Å². The van der Waals surface area contributed by atoms with E-state index >= 15 is 0 Å². The Balaban J connectivity index is 4.77. The van der Waals surface area contributed by atoms with Gasteiger partial charge in [0, 0.05) is 30.7 Å². The minimum absolute atomic E-state index is 0.0413. The van der Waals surface area contributed by atoms with Crippen LogP contribution >= 0.6 is 0 Å². The monoisotopic (exact) mass is 286 g/mol. The van der Waals surface area contributed by atoms with Crippen molar-refractivity contribution in [1.82, 2.24) is 9.80 Å². The van der Waals surface area contributed by atoms with E-state index in [0.29, 0.717) is 6.42 Å². The largest absolute Gasteiger partial charge is 0.478 e. The highest BCUT2D eigenvalue weighted by atomic mass is 16.5. The first kappa shape index (κ1) is 18.6. The zero-order valence-corrected chi connectivity index (χ0v) is 13.2. The molecule has 0 fully saturated rings. The molecule has 6 heteroatoms. The van der Waals surface area contributed by atoms with E-state index in [-0.39, 0.29) is 18.2 Å². The summed E-state index contributed by atoms with van der Waals surface area (Å²) in [6.45, 7) is 4.03. The van der Waals surface area contributed by atoms with E-state index < -0.39 is 11.9 Å². The molecule has 6 nitrogen and oxygen atoms in total. The second-order valence-corrected chi connectivity index (χ2v) is 5.40. The Morgan fingerprint density at radius 2 is 1.65 bits per heavy atom. The van der Waals surface area contributed by atoms with Gasteiger partial charge in [-0.05, 0) is 42.0 Å². The topological polar surface area (TPSA) is 70.1 Å². The summed E-state index contributed by atoms with van der Waals surface area (Å²) in [6, 6.07) is 0.290. The summed E-state index contributed by atoms with van der Waals surface area (Å²) in [5.74, 6) is -1.79. The summed E-state index contributed by atoms with van der Waals surface area (Å²) >= 11 is 0. The Bertz CT molecular complexity index is 353. The van der Waals surface area contributed by atoms with Crippen LogP contribution in [0.15, 0.2) is 12.2 Å². The second-order valence-electron chi connectivity index (χ2n) is 5.40. The van der Waals surface area contributed by atoms with Gasteiger partial charge in [0.05, 0.1) is 0 Å². The molecule has 0 bridgehead atoms. The number of esters is 1. The summed E-state index contributed by atoms with van der Waals surface area (Å²) in [5, 5.41) is 8.50. The number of carboxylic acids is 1. The molecule has 0 aromatic rings. The summed E-state index contributed by atoms with van der Waals surface area (Å²) in [7, 11) is 7.76. The number of hydrogen-bond acceptors (Lipinski definition) is 5. The third-order valence-corrected chi connectivity index (χ3v) is 3.44. The van der Waals surface area contributed by atoms with Gasteiger partial charge in [0.25, 0.3) is 0 Å². The number of rotatable bonds is 8. The zero-order valence-electron chi connectivity index (χ0n) is 13.2. The molecular formula is C14H26N2O4. The van der Waals surface area contributed by atoms with Gasteiger partial charge < -0.3 is 19.6 Å². The van der Waals surface area contributed by atoms with E-state index in [1.165, 1.54) is 0 Å². The molecule has 1 N–H and O–H groups in total. The predicted molar refractivity (Wildman–Crippen MR) is 77.6 cm³/mol. The molecule has 0 saturated carbocycles. The first-order valence-electron chi connectivity index (χ1n) is 6.59. The van der Waals surface area contributed by atoms with Crippen molar-refractivity contribution in [3.63, 3.8) is 0 Å². The molecule has 20 heavy (non-hydrogen) atoms. The molecule has 3 atom stereocenters. The number of ether oxygens (including phenoxy) is 1. The zero-order chi connectivity index (χ0) is 15.9. The maximum Gasteiger partial charge on any atom is 0.331 e. The highest BCUT2D eigenvalue weighted by Gasteiger charge is 2.25. The van der Waals surface area contributed by atoms with Crippen LogP contribution in [0.4, 0.5) is 0 Å². The fourth-order valence-corrected chi connectivity index (χ4v) is 1.55. The molecule has 0 amide bonds. The van der Waals surface area contributed by atoms with Gasteiger partial charge in [-0.1, -0.05) is 0 Å². The highest BCUT2D eigenvalue weighted by Crippen LogP contribution is 2.14. The van der Waals surface area contributed by atoms with Gasteiger partial charge in [0.2, 0.25) is 0 Å². The van der Waals surface area contributed by atoms with E-state index in [2.05, 4.69) is 11.8 Å². The van der Waals surface area contributed by atoms with E-state index in [0.717, 1.165) is 12.2 Å². The normalized spacial score (nSPS) is 16.4. The molecule has 116 valence electrons. The number of nitrogens with zero attached hydrogens (tertiary/aromatic N) is 2. The van der Waals surface area contributed by atoms with Gasteiger partial charge in [-0.25, -0.2) is 9.59 Å². The Kier molecular flexibility index (Phi) is 8.10. The molecular weight excluding hydrogens is 260 g/mol. The number of likely N-dealkylation sites (N-methyl/N-ethyl adjacent to an activating group) is 1. The van der Waals surface area contributed by atoms with Crippen LogP contribution in [-0.4, -0.2) is 73.2 Å². The third-order valence-electron chi connectivity index (χ3n) is 3.44. The number of aliphatic carboxylic acids is 1. The summed E-state index contributed by atoms with van der Waals surface area (Å²) in [6.07, 6.45) is 2.11. The lowest BCUT2D eigenvalue weighted by Gasteiger charge is -2.32. The van der Waals surface area contributed by atoms with Gasteiger partial charge in [-0.3, -0.25) is 0 Å². The molecule has 0 heterocycles. The molecule has 0 rings (SSSR count). The quantitative estimate of drug-likeness (QED) is 0.526. The maximum absolute atomic E-state index is 11.6. The number of carboxylic acid groups (broad SMARTS) is 1. The lowest BCUT2D eigenvalue weighted by molar-refractivity contribution is -0.147. The smallest absolute Gasteiger partial charge is 0.331 e. The van der Waals surface area contributed by atoms with E-state index in [9.17, 15) is 9.59 Å². The van der Waals surface area contributed by atoms with Crippen LogP contribution in [0.5, 0.6) is 0 Å². The lowest BCUT2D eigenvalue weighted by atomic mass is 10.0. The molecule has 3 unspecified atom stereocenters. The third kappa shape index (κ3) is 7.25. The van der Waals surface area contributed by atoms with Crippen LogP contribution in [0.1, 0.15) is 20.3 Å². The Morgan fingerprint density at radius 3 is 2.05 bits per heavy atom. The molecule has 0 aromatic heterocycles. The first-order valence-corrected chi connectivity index (χ1v) is 6.59. The second kappa shape index (κ2) is 8.71. The van der Waals surface area contributed by atoms with Crippen LogP contribution in [0.2, 0.25) is 0 Å². The van der Waals surface area contributed by atoms with E-state index in [1.807, 2.05) is 40.0 Å². The van der Waals surface area contributed by atoms with Gasteiger partial charge in [-0.2, -0.15) is 0 Å². The SMILES string of the molecule is CC(CC(OC(=O)C=CC(=O)O)C(C)N(C)C)N(C)C. The number of carbonyl (C=O) groups is 2. The molecule has 0 aliphatic carbocycles. The van der Waals surface area contributed by atoms with Gasteiger partial charge in [-0.15, -0.1) is 0 Å². The van der Waals surface area contributed by atoms with Crippen molar-refractivity contribution in [3.8, 4) is 0 Å². The Morgan fingerprint density at radius 1 is 1.10 bits per heavy atom. The summed E-state index contributed by atoms with van der Waals surface area (Å²) in [5.41, 5.74) is 0. The standard InChI is InChI=1S/C14H26N2O4/c1-10(15(3)4)9-12(11(2)16(5)6)20-14(19)8-7-13(17)18/h7-8,10-12H,9H2,1-6H3,(H,17,18). The minimum Gasteiger partial charge on any atom is -0.478 e. The first-order chi connectivity index (χ1) is 9.15. The molecule has 0 spiro atoms. The van der Waals surface area contributed by atoms with Crippen LogP contribution in [0.25, 0.3) is 0 Å². The average Bonchev–Trinajstić information content (AvgIpc) is 2.34. The van der Waals surface area contributed by atoms with Crippen molar-refractivity contribution in [2.24, 2.45) is 0 Å². The minimum atomic E-state index is -1.17. The van der Waals surface area contributed by atoms with Crippen molar-refractivity contribution in [2.75, 3.05) is 28.2 Å². The average molecular weight is 286 g/mol. The lowest BCUT2D eigenvalue weighted by Crippen LogP contribution is -2.43. The van der Waals surface area contributed by atoms with Gasteiger partial charge in [0.15, 0.2) is 0 Å². The van der Waals surface area contributed by atoms with Crippen molar-refractivity contribution >= 4 is 11.9 Å². The summed E-state index contributed by atoms with van der Waals surface area (Å²) < 4.78 is 5.39. The molecule has 0 radical (unpaired) electrons. The van der Waals surface area contributed by atoms with Crippen LogP contribution in [0, 0.1) is 0 Å². The Hall–Kier alpha value is -1.40. The maximum atomic E-state index is 11.6. The fourth-order valence-electron chi connectivity index (χ4n) is 1.55. The van der Waals surface area contributed by atoms with Gasteiger partial charge in [0.1, 0.15) is 6.10 Å². The molecule has 0 aliphatic heterocycles. The van der Waals surface area contributed by atoms with E-state index in [1.54, 1.807) is 0 Å². The Labute approximate surface area is 121 Å². The van der Waals surface area contributed by atoms with Crippen molar-refractivity contribution in [3.05, 3.63) is 12.2 Å². The van der Waals surface area contributed by atoms with Gasteiger partial charge >= 0.3 is 11.9 Å². The van der Waals surface area contributed by atoms with Crippen LogP contribution in [0.3, 0.4) is 0 Å². The number of hydrogen-bond donors (Lipinski definition) is 1. The highest BCUT2D eigenvalue weighted by molar-refractivity contribution is 5.90. The van der Waals surface area contributed by atoms with Crippen molar-refractivity contribution < 1.29 is 19.4 Å². The molecule has 0 saturated heterocycles. The van der Waals surface area contributed by atoms with Crippen molar-refractivity contribution in [2.45, 2.75) is 38.5 Å². The molecule has 0 aliphatic rings. The van der Waals surface area contributed by atoms with E-state index in [4.69, 9.17) is 9.84 Å². The predicted octanol–water partition coefficient (Wildman–Crippen LogP) is 0.829. The summed E-state index contributed by atoms with van der Waals surface area (Å²) in [4.78, 5) is 26.0.